The number of pyridine rings is 2. The molecule has 0 spiro atoms. The van der Waals surface area contributed by atoms with Crippen molar-refractivity contribution in [2.75, 3.05) is 0 Å². The van der Waals surface area contributed by atoms with E-state index in [0.29, 0.717) is 0 Å². The van der Waals surface area contributed by atoms with E-state index in [1.165, 1.54) is 16.5 Å². The van der Waals surface area contributed by atoms with Crippen LogP contribution in [0.25, 0.3) is 10.9 Å². The third-order valence-electron chi connectivity index (χ3n) is 3.71. The van der Waals surface area contributed by atoms with Crippen molar-refractivity contribution >= 4 is 10.9 Å². The van der Waals surface area contributed by atoms with Crippen molar-refractivity contribution in [1.29, 1.82) is 0 Å². The second kappa shape index (κ2) is 6.02. The van der Waals surface area contributed by atoms with Crippen LogP contribution in [0.15, 0.2) is 54.9 Å². The molecule has 1 atom stereocenters. The molecule has 0 saturated carbocycles. The van der Waals surface area contributed by atoms with E-state index in [0.717, 1.165) is 17.8 Å². The Hall–Kier alpha value is -2.26. The maximum Gasteiger partial charge on any atom is 0.0708 e. The Morgan fingerprint density at radius 3 is 2.81 bits per heavy atom. The summed E-state index contributed by atoms with van der Waals surface area (Å²) in [5.74, 6) is 0. The van der Waals surface area contributed by atoms with Crippen LogP contribution in [0.3, 0.4) is 0 Å². The van der Waals surface area contributed by atoms with Gasteiger partial charge in [-0.1, -0.05) is 24.3 Å². The highest BCUT2D eigenvalue weighted by Crippen LogP contribution is 2.19. The van der Waals surface area contributed by atoms with Gasteiger partial charge in [0.2, 0.25) is 0 Å². The molecular weight excluding hydrogens is 258 g/mol. The van der Waals surface area contributed by atoms with Gasteiger partial charge >= 0.3 is 0 Å². The summed E-state index contributed by atoms with van der Waals surface area (Å²) in [5.41, 5.74) is 4.60. The fourth-order valence-electron chi connectivity index (χ4n) is 2.55. The van der Waals surface area contributed by atoms with Crippen molar-refractivity contribution in [2.24, 2.45) is 0 Å². The molecule has 0 aliphatic heterocycles. The monoisotopic (exact) mass is 277 g/mol. The summed E-state index contributed by atoms with van der Waals surface area (Å²) in [6, 6.07) is 14.8. The Morgan fingerprint density at radius 1 is 1.14 bits per heavy atom. The van der Waals surface area contributed by atoms with E-state index in [9.17, 15) is 0 Å². The average Bonchev–Trinajstić information content (AvgIpc) is 2.53. The quantitative estimate of drug-likeness (QED) is 0.788. The lowest BCUT2D eigenvalue weighted by Crippen LogP contribution is -2.18. The van der Waals surface area contributed by atoms with Crippen LogP contribution >= 0.6 is 0 Å². The number of nitrogens with zero attached hydrogens (tertiary/aromatic N) is 2. The molecule has 3 nitrogen and oxygen atoms in total. The number of hydrogen-bond acceptors (Lipinski definition) is 3. The summed E-state index contributed by atoms with van der Waals surface area (Å²) in [6.45, 7) is 5.02. The summed E-state index contributed by atoms with van der Waals surface area (Å²) in [4.78, 5) is 8.76. The first kappa shape index (κ1) is 13.7. The van der Waals surface area contributed by atoms with E-state index >= 15 is 0 Å². The normalized spacial score (nSPS) is 12.5. The van der Waals surface area contributed by atoms with Crippen LogP contribution in [-0.2, 0) is 6.54 Å². The van der Waals surface area contributed by atoms with Crippen LogP contribution in [-0.4, -0.2) is 9.97 Å². The molecule has 0 amide bonds. The minimum Gasteiger partial charge on any atom is -0.306 e. The number of aryl methyl sites for hydroxylation is 1. The van der Waals surface area contributed by atoms with Crippen LogP contribution in [0.4, 0.5) is 0 Å². The molecule has 1 N–H and O–H groups in total. The zero-order valence-electron chi connectivity index (χ0n) is 12.4. The van der Waals surface area contributed by atoms with Crippen LogP contribution in [0.2, 0.25) is 0 Å². The molecule has 106 valence electrons. The van der Waals surface area contributed by atoms with Crippen molar-refractivity contribution in [3.05, 3.63) is 71.7 Å². The molecule has 2 heterocycles. The number of rotatable bonds is 4. The molecule has 0 saturated heterocycles. The lowest BCUT2D eigenvalue weighted by atomic mass is 10.1. The Balaban J connectivity index is 1.82. The minimum absolute atomic E-state index is 0.269. The molecule has 0 aliphatic carbocycles. The fourth-order valence-corrected chi connectivity index (χ4v) is 2.55. The maximum atomic E-state index is 4.58. The number of fused-ring (bicyclic) bond motifs is 1. The molecule has 3 rings (SSSR count). The highest BCUT2D eigenvalue weighted by molar-refractivity contribution is 5.82. The topological polar surface area (TPSA) is 37.8 Å². The first-order chi connectivity index (χ1) is 10.2. The molecule has 0 radical (unpaired) electrons. The van der Waals surface area contributed by atoms with Crippen LogP contribution in [0.5, 0.6) is 0 Å². The number of hydrogen-bond donors (Lipinski definition) is 1. The molecular formula is C18H19N3. The van der Waals surface area contributed by atoms with Crippen LogP contribution in [0, 0.1) is 6.92 Å². The van der Waals surface area contributed by atoms with Gasteiger partial charge in [-0.2, -0.15) is 0 Å². The fraction of sp³-hybridized carbons (Fsp3) is 0.222. The highest BCUT2D eigenvalue weighted by atomic mass is 14.9. The molecule has 1 unspecified atom stereocenters. The zero-order chi connectivity index (χ0) is 14.7. The zero-order valence-corrected chi connectivity index (χ0v) is 12.4. The maximum absolute atomic E-state index is 4.58. The van der Waals surface area contributed by atoms with Crippen molar-refractivity contribution in [3.63, 3.8) is 0 Å². The number of para-hydroxylation sites is 1. The van der Waals surface area contributed by atoms with Crippen molar-refractivity contribution in [1.82, 2.24) is 15.3 Å². The first-order valence-corrected chi connectivity index (χ1v) is 7.22. The highest BCUT2D eigenvalue weighted by Gasteiger charge is 2.07. The Bertz CT molecular complexity index is 738. The van der Waals surface area contributed by atoms with Crippen LogP contribution < -0.4 is 5.32 Å². The summed E-state index contributed by atoms with van der Waals surface area (Å²) < 4.78 is 0. The van der Waals surface area contributed by atoms with E-state index in [4.69, 9.17) is 0 Å². The predicted octanol–water partition coefficient (Wildman–Crippen LogP) is 3.79. The summed E-state index contributed by atoms with van der Waals surface area (Å²) in [7, 11) is 0. The van der Waals surface area contributed by atoms with Crippen molar-refractivity contribution < 1.29 is 0 Å². The predicted molar refractivity (Wildman–Crippen MR) is 86.0 cm³/mol. The van der Waals surface area contributed by atoms with Gasteiger partial charge in [0.15, 0.2) is 0 Å². The van der Waals surface area contributed by atoms with Gasteiger partial charge in [-0.05, 0) is 43.2 Å². The van der Waals surface area contributed by atoms with Gasteiger partial charge in [0.25, 0.3) is 0 Å². The largest absolute Gasteiger partial charge is 0.306 e. The summed E-state index contributed by atoms with van der Waals surface area (Å²) in [5, 5.41) is 4.78. The number of aromatic nitrogens is 2. The van der Waals surface area contributed by atoms with E-state index in [2.05, 4.69) is 52.5 Å². The Kier molecular flexibility index (Phi) is 3.93. The van der Waals surface area contributed by atoms with Gasteiger partial charge in [-0.3, -0.25) is 9.97 Å². The molecule has 0 bridgehead atoms. The van der Waals surface area contributed by atoms with E-state index in [1.807, 2.05) is 25.3 Å². The van der Waals surface area contributed by atoms with E-state index in [-0.39, 0.29) is 6.04 Å². The smallest absolute Gasteiger partial charge is 0.0708 e. The standard InChI is InChI=1S/C18H19N3/c1-13-10-16(17-7-3-4-8-18(17)21-13)12-20-14(2)15-6-5-9-19-11-15/h3-11,14,20H,12H2,1-2H3. The lowest BCUT2D eigenvalue weighted by Gasteiger charge is -2.15. The van der Waals surface area contributed by atoms with E-state index in [1.54, 1.807) is 6.20 Å². The Morgan fingerprint density at radius 2 is 2.00 bits per heavy atom. The Labute approximate surface area is 125 Å². The number of benzene rings is 1. The van der Waals surface area contributed by atoms with Gasteiger partial charge in [-0.25, -0.2) is 0 Å². The average molecular weight is 277 g/mol. The van der Waals surface area contributed by atoms with Crippen molar-refractivity contribution in [2.45, 2.75) is 26.4 Å². The second-order valence-corrected chi connectivity index (χ2v) is 5.33. The van der Waals surface area contributed by atoms with Gasteiger partial charge in [0, 0.05) is 36.1 Å². The molecule has 2 aromatic heterocycles. The van der Waals surface area contributed by atoms with Gasteiger partial charge < -0.3 is 5.32 Å². The third kappa shape index (κ3) is 3.09. The molecule has 21 heavy (non-hydrogen) atoms. The minimum atomic E-state index is 0.269. The first-order valence-electron chi connectivity index (χ1n) is 7.22. The molecule has 3 aromatic rings. The number of nitrogens with one attached hydrogen (secondary N) is 1. The lowest BCUT2D eigenvalue weighted by molar-refractivity contribution is 0.574. The second-order valence-electron chi connectivity index (χ2n) is 5.33. The third-order valence-corrected chi connectivity index (χ3v) is 3.71. The van der Waals surface area contributed by atoms with Crippen LogP contribution in [0.1, 0.15) is 29.8 Å². The van der Waals surface area contributed by atoms with E-state index < -0.39 is 0 Å². The molecule has 0 aliphatic rings. The molecule has 1 aromatic carbocycles. The summed E-state index contributed by atoms with van der Waals surface area (Å²) >= 11 is 0. The van der Waals surface area contributed by atoms with Crippen molar-refractivity contribution in [3.8, 4) is 0 Å². The van der Waals surface area contributed by atoms with Gasteiger partial charge in [0.1, 0.15) is 0 Å². The summed E-state index contributed by atoms with van der Waals surface area (Å²) in [6.07, 6.45) is 3.71. The van der Waals surface area contributed by atoms with Gasteiger partial charge in [-0.15, -0.1) is 0 Å². The van der Waals surface area contributed by atoms with Gasteiger partial charge in [0.05, 0.1) is 5.52 Å². The SMILES string of the molecule is Cc1cc(CNC(C)c2cccnc2)c2ccccc2n1. The molecule has 0 fully saturated rings. The molecule has 3 heteroatoms.